The predicted octanol–water partition coefficient (Wildman–Crippen LogP) is 2.23. The second kappa shape index (κ2) is 4.43. The number of hydrogen-bond acceptors (Lipinski definition) is 2. The van der Waals surface area contributed by atoms with E-state index in [9.17, 15) is 0 Å². The summed E-state index contributed by atoms with van der Waals surface area (Å²) in [7, 11) is 2.05. The molecule has 0 aliphatic carbocycles. The van der Waals surface area contributed by atoms with Gasteiger partial charge in [0, 0.05) is 30.2 Å². The molecule has 0 spiro atoms. The van der Waals surface area contributed by atoms with Crippen molar-refractivity contribution in [2.75, 3.05) is 5.32 Å². The van der Waals surface area contributed by atoms with Crippen LogP contribution in [0.5, 0.6) is 0 Å². The summed E-state index contributed by atoms with van der Waals surface area (Å²) in [6, 6.07) is 4.15. The quantitative estimate of drug-likeness (QED) is 0.826. The van der Waals surface area contributed by atoms with E-state index in [0.29, 0.717) is 0 Å². The minimum absolute atomic E-state index is 0.804. The first-order valence-electron chi connectivity index (χ1n) is 5.60. The van der Waals surface area contributed by atoms with E-state index in [4.69, 9.17) is 0 Å². The lowest BCUT2D eigenvalue weighted by molar-refractivity contribution is 0.839. The molecule has 0 aliphatic rings. The SMILES string of the molecule is CCc1[nH]nc(NCc2cccn2C)c1C. The number of nitrogens with zero attached hydrogens (tertiary/aromatic N) is 2. The molecule has 0 fully saturated rings. The van der Waals surface area contributed by atoms with Crippen LogP contribution in [0.2, 0.25) is 0 Å². The molecule has 86 valence electrons. The molecule has 0 saturated heterocycles. The van der Waals surface area contributed by atoms with E-state index in [0.717, 1.165) is 18.8 Å². The van der Waals surface area contributed by atoms with Crippen molar-refractivity contribution >= 4 is 5.82 Å². The summed E-state index contributed by atoms with van der Waals surface area (Å²) in [4.78, 5) is 0. The lowest BCUT2D eigenvalue weighted by Crippen LogP contribution is -2.05. The van der Waals surface area contributed by atoms with Crippen molar-refractivity contribution in [1.29, 1.82) is 0 Å². The summed E-state index contributed by atoms with van der Waals surface area (Å²) in [5.74, 6) is 0.957. The number of H-pyrrole nitrogens is 1. The average molecular weight is 218 g/mol. The Morgan fingerprint density at radius 3 is 2.88 bits per heavy atom. The van der Waals surface area contributed by atoms with Crippen LogP contribution in [0.1, 0.15) is 23.9 Å². The number of aromatic nitrogens is 3. The van der Waals surface area contributed by atoms with Gasteiger partial charge in [0.25, 0.3) is 0 Å². The summed E-state index contributed by atoms with van der Waals surface area (Å²) in [5, 5.41) is 10.7. The van der Waals surface area contributed by atoms with Crippen molar-refractivity contribution in [3.63, 3.8) is 0 Å². The van der Waals surface area contributed by atoms with Gasteiger partial charge in [0.15, 0.2) is 5.82 Å². The normalized spacial score (nSPS) is 10.7. The fraction of sp³-hybridized carbons (Fsp3) is 0.417. The fourth-order valence-corrected chi connectivity index (χ4v) is 1.80. The number of nitrogens with one attached hydrogen (secondary N) is 2. The summed E-state index contributed by atoms with van der Waals surface area (Å²) in [6.07, 6.45) is 3.04. The van der Waals surface area contributed by atoms with Crippen molar-refractivity contribution in [3.05, 3.63) is 35.3 Å². The molecule has 2 heterocycles. The largest absolute Gasteiger partial charge is 0.363 e. The van der Waals surface area contributed by atoms with Crippen LogP contribution in [-0.2, 0) is 20.0 Å². The molecule has 0 radical (unpaired) electrons. The molecule has 0 bridgehead atoms. The van der Waals surface area contributed by atoms with E-state index >= 15 is 0 Å². The van der Waals surface area contributed by atoms with Crippen LogP contribution < -0.4 is 5.32 Å². The van der Waals surface area contributed by atoms with E-state index in [-0.39, 0.29) is 0 Å². The second-order valence-electron chi connectivity index (χ2n) is 3.99. The minimum atomic E-state index is 0.804. The van der Waals surface area contributed by atoms with Crippen molar-refractivity contribution < 1.29 is 0 Å². The fourth-order valence-electron chi connectivity index (χ4n) is 1.80. The van der Waals surface area contributed by atoms with Gasteiger partial charge in [-0.05, 0) is 25.5 Å². The molecule has 2 aromatic rings. The number of rotatable bonds is 4. The van der Waals surface area contributed by atoms with Crippen molar-refractivity contribution in [1.82, 2.24) is 14.8 Å². The molecule has 0 amide bonds. The van der Waals surface area contributed by atoms with Crippen LogP contribution in [0.3, 0.4) is 0 Å². The summed E-state index contributed by atoms with van der Waals surface area (Å²) >= 11 is 0. The maximum absolute atomic E-state index is 4.27. The molecule has 0 unspecified atom stereocenters. The van der Waals surface area contributed by atoms with Crippen LogP contribution in [0.25, 0.3) is 0 Å². The van der Waals surface area contributed by atoms with Gasteiger partial charge in [-0.15, -0.1) is 0 Å². The van der Waals surface area contributed by atoms with E-state index in [1.54, 1.807) is 0 Å². The van der Waals surface area contributed by atoms with E-state index in [1.165, 1.54) is 17.0 Å². The molecular weight excluding hydrogens is 200 g/mol. The molecule has 0 aromatic carbocycles. The zero-order valence-corrected chi connectivity index (χ0v) is 10.0. The first kappa shape index (κ1) is 10.8. The molecule has 2 rings (SSSR count). The number of hydrogen-bond donors (Lipinski definition) is 2. The monoisotopic (exact) mass is 218 g/mol. The Kier molecular flexibility index (Phi) is 2.99. The highest BCUT2D eigenvalue weighted by Crippen LogP contribution is 2.16. The lowest BCUT2D eigenvalue weighted by Gasteiger charge is -2.05. The van der Waals surface area contributed by atoms with Crippen molar-refractivity contribution in [3.8, 4) is 0 Å². The Morgan fingerprint density at radius 2 is 2.31 bits per heavy atom. The van der Waals surface area contributed by atoms with Crippen LogP contribution in [0.15, 0.2) is 18.3 Å². The van der Waals surface area contributed by atoms with Crippen molar-refractivity contribution in [2.24, 2.45) is 7.05 Å². The zero-order valence-electron chi connectivity index (χ0n) is 10.0. The highest BCUT2D eigenvalue weighted by atomic mass is 15.2. The second-order valence-corrected chi connectivity index (χ2v) is 3.99. The Bertz CT molecular complexity index is 467. The lowest BCUT2D eigenvalue weighted by atomic mass is 10.2. The van der Waals surface area contributed by atoms with Gasteiger partial charge in [-0.25, -0.2) is 0 Å². The topological polar surface area (TPSA) is 45.6 Å². The Labute approximate surface area is 95.7 Å². The minimum Gasteiger partial charge on any atom is -0.363 e. The third kappa shape index (κ3) is 1.96. The number of aromatic amines is 1. The van der Waals surface area contributed by atoms with Gasteiger partial charge in [-0.2, -0.15) is 5.10 Å². The predicted molar refractivity (Wildman–Crippen MR) is 65.4 cm³/mol. The third-order valence-corrected chi connectivity index (χ3v) is 2.95. The molecule has 0 atom stereocenters. The third-order valence-electron chi connectivity index (χ3n) is 2.95. The van der Waals surface area contributed by atoms with Crippen molar-refractivity contribution in [2.45, 2.75) is 26.8 Å². The van der Waals surface area contributed by atoms with E-state index in [2.05, 4.69) is 40.0 Å². The maximum atomic E-state index is 4.27. The number of aryl methyl sites for hydroxylation is 2. The maximum Gasteiger partial charge on any atom is 0.151 e. The molecule has 2 N–H and O–H groups in total. The Morgan fingerprint density at radius 1 is 1.50 bits per heavy atom. The molecule has 0 aliphatic heterocycles. The molecule has 16 heavy (non-hydrogen) atoms. The first-order valence-corrected chi connectivity index (χ1v) is 5.60. The first-order chi connectivity index (χ1) is 7.72. The van der Waals surface area contributed by atoms with E-state index < -0.39 is 0 Å². The molecule has 4 heteroatoms. The van der Waals surface area contributed by atoms with Gasteiger partial charge < -0.3 is 9.88 Å². The summed E-state index contributed by atoms with van der Waals surface area (Å²) in [6.45, 7) is 5.02. The highest BCUT2D eigenvalue weighted by Gasteiger charge is 2.07. The van der Waals surface area contributed by atoms with Crippen LogP contribution in [-0.4, -0.2) is 14.8 Å². The van der Waals surface area contributed by atoms with Gasteiger partial charge >= 0.3 is 0 Å². The van der Waals surface area contributed by atoms with Gasteiger partial charge in [-0.1, -0.05) is 6.92 Å². The van der Waals surface area contributed by atoms with Crippen LogP contribution in [0.4, 0.5) is 5.82 Å². The Hall–Kier alpha value is -1.71. The summed E-state index contributed by atoms with van der Waals surface area (Å²) in [5.41, 5.74) is 3.67. The Balaban J connectivity index is 2.05. The number of anilines is 1. The van der Waals surface area contributed by atoms with Crippen LogP contribution >= 0.6 is 0 Å². The smallest absolute Gasteiger partial charge is 0.151 e. The molecule has 4 nitrogen and oxygen atoms in total. The molecular formula is C12H18N4. The van der Waals surface area contributed by atoms with E-state index in [1.807, 2.05) is 19.3 Å². The average Bonchev–Trinajstić information content (AvgIpc) is 2.83. The van der Waals surface area contributed by atoms with Gasteiger partial charge in [0.1, 0.15) is 0 Å². The molecule has 2 aromatic heterocycles. The zero-order chi connectivity index (χ0) is 11.5. The van der Waals surface area contributed by atoms with Gasteiger partial charge in [0.2, 0.25) is 0 Å². The van der Waals surface area contributed by atoms with Gasteiger partial charge in [0.05, 0.1) is 6.54 Å². The van der Waals surface area contributed by atoms with Gasteiger partial charge in [-0.3, -0.25) is 5.10 Å². The molecule has 0 saturated carbocycles. The highest BCUT2D eigenvalue weighted by molar-refractivity contribution is 5.45. The standard InChI is InChI=1S/C12H18N4/c1-4-11-9(2)12(15-14-11)13-8-10-6-5-7-16(10)3/h5-7H,4,8H2,1-3H3,(H2,13,14,15). The van der Waals surface area contributed by atoms with Crippen LogP contribution in [0, 0.1) is 6.92 Å². The summed E-state index contributed by atoms with van der Waals surface area (Å²) < 4.78 is 2.11.